The van der Waals surface area contributed by atoms with Gasteiger partial charge in [-0.2, -0.15) is 0 Å². The molecule has 0 fully saturated rings. The number of rotatable bonds is 10. The van der Waals surface area contributed by atoms with Crippen molar-refractivity contribution in [2.24, 2.45) is 9.98 Å². The summed E-state index contributed by atoms with van der Waals surface area (Å²) in [5.74, 6) is 0.436. The molecule has 9 heteroatoms. The van der Waals surface area contributed by atoms with Gasteiger partial charge in [-0.05, 0) is 161 Å². The largest absolute Gasteiger partial charge is 0.507 e. The van der Waals surface area contributed by atoms with Crippen LogP contribution in [0.15, 0.2) is 198 Å². The molecule has 2 N–H and O–H groups in total. The first-order chi connectivity index (χ1) is 43.5. The van der Waals surface area contributed by atoms with Crippen LogP contribution in [0.5, 0.6) is 11.5 Å². The summed E-state index contributed by atoms with van der Waals surface area (Å²) in [6, 6.07) is 69.1. The van der Waals surface area contributed by atoms with Crippen LogP contribution in [0.4, 0.5) is 11.4 Å². The average molecular weight is 1440 g/mol. The zero-order chi connectivity index (χ0) is 65.6. The van der Waals surface area contributed by atoms with E-state index in [9.17, 15) is 10.2 Å². The van der Waals surface area contributed by atoms with Gasteiger partial charge < -0.3 is 10.2 Å². The first-order valence-electron chi connectivity index (χ1n) is 31.7. The maximum Gasteiger partial charge on any atom is 0.126 e. The predicted octanol–water partition coefficient (Wildman–Crippen LogP) is 23.7. The summed E-state index contributed by atoms with van der Waals surface area (Å²) in [6.07, 6.45) is 3.52. The van der Waals surface area contributed by atoms with Crippen molar-refractivity contribution in [1.82, 2.24) is 9.97 Å². The SMILES string of the molecule is Cc1ccc(C)c(-c2c[c-]c(-c3cc(C(C)(C)C)cc4sc(-c5ccccc5N=Cc5cc(C(C)(C)C)ccc5O)nc34)cc2)c1.Cc1ccc(C)c(-c2ccc(-c3cc(C(C)(C)C)cc4sc(-c5ccccc5N=Cc5cc(C(C)(C)C)ccc5O)nc34)cc2)c1.[Pt]. The molecule has 474 valence electrons. The molecule has 10 aromatic carbocycles. The van der Waals surface area contributed by atoms with Gasteiger partial charge in [-0.3, -0.25) is 9.98 Å². The smallest absolute Gasteiger partial charge is 0.126 e. The monoisotopic (exact) mass is 1440 g/mol. The summed E-state index contributed by atoms with van der Waals surface area (Å²) in [7, 11) is 0. The third-order valence-electron chi connectivity index (χ3n) is 17.2. The molecular weight excluding hydrogens is 1360 g/mol. The zero-order valence-corrected chi connectivity index (χ0v) is 60.3. The number of phenolic OH excluding ortho intramolecular Hbond substituents is 2. The van der Waals surface area contributed by atoms with Crippen LogP contribution in [-0.4, -0.2) is 32.6 Å². The molecule has 0 atom stereocenters. The Kier molecular flexibility index (Phi) is 19.5. The van der Waals surface area contributed by atoms with Crippen molar-refractivity contribution >= 4 is 66.9 Å². The van der Waals surface area contributed by atoms with E-state index in [0.29, 0.717) is 11.1 Å². The van der Waals surface area contributed by atoms with E-state index in [1.54, 1.807) is 47.2 Å². The van der Waals surface area contributed by atoms with E-state index in [2.05, 4.69) is 232 Å². The van der Waals surface area contributed by atoms with Gasteiger partial charge in [0.2, 0.25) is 0 Å². The average Bonchev–Trinajstić information content (AvgIpc) is 1.68. The van der Waals surface area contributed by atoms with Crippen molar-refractivity contribution in [3.8, 4) is 77.1 Å². The number of aromatic hydroxyl groups is 2. The van der Waals surface area contributed by atoms with Gasteiger partial charge in [0.05, 0.1) is 21.6 Å². The van der Waals surface area contributed by atoms with Crippen molar-refractivity contribution in [3.63, 3.8) is 0 Å². The molecule has 6 nitrogen and oxygen atoms in total. The van der Waals surface area contributed by atoms with Crippen LogP contribution in [0, 0.1) is 33.8 Å². The number of hydrogen-bond acceptors (Lipinski definition) is 8. The Balaban J connectivity index is 0.000000201. The third kappa shape index (κ3) is 15.2. The number of aliphatic imine (C=N–C) groups is 2. The summed E-state index contributed by atoms with van der Waals surface area (Å²) in [5.41, 5.74) is 26.0. The van der Waals surface area contributed by atoms with Gasteiger partial charge in [0.15, 0.2) is 0 Å². The number of para-hydroxylation sites is 2. The molecule has 2 heterocycles. The van der Waals surface area contributed by atoms with E-state index in [0.717, 1.165) is 91.9 Å². The molecule has 0 aliphatic heterocycles. The summed E-state index contributed by atoms with van der Waals surface area (Å²) in [5, 5.41) is 23.0. The van der Waals surface area contributed by atoms with E-state index in [1.807, 2.05) is 60.7 Å². The minimum atomic E-state index is -0.0317. The number of aryl methyl sites for hydroxylation is 4. The molecule has 0 spiro atoms. The van der Waals surface area contributed by atoms with E-state index >= 15 is 0 Å². The second-order valence-electron chi connectivity index (χ2n) is 28.6. The van der Waals surface area contributed by atoms with Crippen molar-refractivity contribution < 1.29 is 31.3 Å². The molecule has 0 unspecified atom stereocenters. The van der Waals surface area contributed by atoms with Crippen LogP contribution < -0.4 is 0 Å². The van der Waals surface area contributed by atoms with E-state index in [-0.39, 0.29) is 54.2 Å². The maximum absolute atomic E-state index is 10.6. The standard InChI is InChI=1S/C42H42N2OS.C42H41N2OS.Pt/c2*1-26-13-14-27(2)34(21-26)28-15-17-29(18-16-28)35-23-32(42(6,7)8)24-38-39(35)44-40(46-38)33-11-9-10-12-36(33)43-25-30-22-31(41(3,4)5)19-20-37(30)45;/h9-25,45H,1-8H3;9-17,19-25,45H,1-8H3;/q;-1;. The Bertz CT molecular complexity index is 4490. The fraction of sp³-hybridized carbons (Fsp3) is 0.238. The predicted molar refractivity (Wildman–Crippen MR) is 395 cm³/mol. The van der Waals surface area contributed by atoms with Crippen LogP contribution in [0.2, 0.25) is 0 Å². The van der Waals surface area contributed by atoms with Crippen molar-refractivity contribution in [2.45, 2.75) is 132 Å². The second-order valence-corrected chi connectivity index (χ2v) is 30.6. The van der Waals surface area contributed by atoms with E-state index < -0.39 is 0 Å². The topological polar surface area (TPSA) is 91.0 Å². The Morgan fingerprint density at radius 1 is 0.387 bits per heavy atom. The Labute approximate surface area is 573 Å². The summed E-state index contributed by atoms with van der Waals surface area (Å²) in [6.45, 7) is 35.1. The summed E-state index contributed by atoms with van der Waals surface area (Å²) < 4.78 is 2.30. The van der Waals surface area contributed by atoms with Gasteiger partial charge in [0.1, 0.15) is 21.5 Å². The maximum atomic E-state index is 10.6. The number of thiazole rings is 2. The fourth-order valence-electron chi connectivity index (χ4n) is 11.3. The number of phenols is 2. The second kappa shape index (κ2) is 26.9. The van der Waals surface area contributed by atoms with Gasteiger partial charge in [-0.25, -0.2) is 9.97 Å². The van der Waals surface area contributed by atoms with Gasteiger partial charge in [-0.1, -0.05) is 220 Å². The molecule has 2 aromatic heterocycles. The van der Waals surface area contributed by atoms with Crippen molar-refractivity contribution in [2.75, 3.05) is 0 Å². The van der Waals surface area contributed by atoms with Crippen LogP contribution >= 0.6 is 22.7 Å². The molecule has 0 saturated carbocycles. The number of aromatic nitrogens is 2. The molecule has 12 aromatic rings. The van der Waals surface area contributed by atoms with Crippen LogP contribution in [0.3, 0.4) is 0 Å². The van der Waals surface area contributed by atoms with Gasteiger partial charge in [0, 0.05) is 71.5 Å². The molecule has 0 aliphatic rings. The number of fused-ring (bicyclic) bond motifs is 2. The normalized spacial score (nSPS) is 12.2. The van der Waals surface area contributed by atoms with Crippen molar-refractivity contribution in [1.29, 1.82) is 0 Å². The minimum Gasteiger partial charge on any atom is -0.507 e. The number of nitrogens with zero attached hydrogens (tertiary/aromatic N) is 4. The quantitative estimate of drug-likeness (QED) is 0.105. The molecule has 0 radical (unpaired) electrons. The first kappa shape index (κ1) is 67.5. The van der Waals surface area contributed by atoms with E-state index in [4.69, 9.17) is 20.0 Å². The molecular formula is C84H83N4O2PtS2-. The molecule has 93 heavy (non-hydrogen) atoms. The van der Waals surface area contributed by atoms with E-state index in [1.165, 1.54) is 50.1 Å². The number of benzene rings is 10. The molecule has 0 amide bonds. The Morgan fingerprint density at radius 2 is 0.785 bits per heavy atom. The third-order valence-corrected chi connectivity index (χ3v) is 19.2. The Hall–Kier alpha value is -8.39. The number of hydrogen-bond donors (Lipinski definition) is 2. The Morgan fingerprint density at radius 3 is 1.22 bits per heavy atom. The molecule has 0 aliphatic carbocycles. The minimum absolute atomic E-state index is 0. The summed E-state index contributed by atoms with van der Waals surface area (Å²) >= 11 is 3.39. The van der Waals surface area contributed by atoms with Crippen LogP contribution in [0.25, 0.3) is 86.1 Å². The van der Waals surface area contributed by atoms with Gasteiger partial charge in [0.25, 0.3) is 0 Å². The first-order valence-corrected chi connectivity index (χ1v) is 33.3. The molecule has 12 rings (SSSR count). The molecule has 0 bridgehead atoms. The fourth-order valence-corrected chi connectivity index (χ4v) is 13.5. The van der Waals surface area contributed by atoms with Gasteiger partial charge >= 0.3 is 0 Å². The summed E-state index contributed by atoms with van der Waals surface area (Å²) in [4.78, 5) is 20.3. The zero-order valence-electron chi connectivity index (χ0n) is 56.4. The van der Waals surface area contributed by atoms with Crippen LogP contribution in [-0.2, 0) is 42.7 Å². The molecule has 0 saturated heterocycles. The van der Waals surface area contributed by atoms with Crippen molar-refractivity contribution in [3.05, 3.63) is 250 Å². The van der Waals surface area contributed by atoms with Crippen LogP contribution in [0.1, 0.15) is 139 Å². The van der Waals surface area contributed by atoms with Gasteiger partial charge in [-0.15, -0.1) is 52.5 Å².